The van der Waals surface area contributed by atoms with Crippen LogP contribution in [0.2, 0.25) is 0 Å². The molecule has 0 aromatic heterocycles. The molecule has 0 aromatic carbocycles. The van der Waals surface area contributed by atoms with Gasteiger partial charge >= 0.3 is 0 Å². The van der Waals surface area contributed by atoms with Crippen LogP contribution in [0.15, 0.2) is 12.3 Å². The Bertz CT molecular complexity index is 125. The molecule has 58 valence electrons. The Balaban J connectivity index is 2.12. The van der Waals surface area contributed by atoms with Gasteiger partial charge in [-0.1, -0.05) is 13.0 Å². The maximum atomic E-state index is 5.23. The van der Waals surface area contributed by atoms with E-state index >= 15 is 0 Å². The number of hydrogen-bond acceptors (Lipinski definition) is 2. The molecule has 0 bridgehead atoms. The molecule has 0 aromatic rings. The number of rotatable bonds is 3. The Morgan fingerprint density at radius 3 is 2.70 bits per heavy atom. The van der Waals surface area contributed by atoms with Gasteiger partial charge in [0.15, 0.2) is 0 Å². The summed E-state index contributed by atoms with van der Waals surface area (Å²) in [7, 11) is 0. The van der Waals surface area contributed by atoms with Crippen molar-refractivity contribution < 1.29 is 9.47 Å². The molecule has 0 radical (unpaired) electrons. The second kappa shape index (κ2) is 3.06. The molecule has 1 aliphatic heterocycles. The van der Waals surface area contributed by atoms with Crippen molar-refractivity contribution in [3.8, 4) is 0 Å². The van der Waals surface area contributed by atoms with Crippen molar-refractivity contribution in [3.05, 3.63) is 12.3 Å². The van der Waals surface area contributed by atoms with E-state index in [1.165, 1.54) is 0 Å². The third-order valence-corrected chi connectivity index (χ3v) is 1.57. The minimum atomic E-state index is 0.277. The Hall–Kier alpha value is -0.500. The highest BCUT2D eigenvalue weighted by atomic mass is 16.5. The predicted molar refractivity (Wildman–Crippen MR) is 39.7 cm³/mol. The van der Waals surface area contributed by atoms with E-state index in [0.29, 0.717) is 0 Å². The summed E-state index contributed by atoms with van der Waals surface area (Å²) in [6.45, 7) is 6.56. The largest absolute Gasteiger partial charge is 0.501 e. The zero-order valence-electron chi connectivity index (χ0n) is 6.59. The van der Waals surface area contributed by atoms with Crippen molar-refractivity contribution in [2.24, 2.45) is 5.41 Å². The highest BCUT2D eigenvalue weighted by molar-refractivity contribution is 4.81. The average molecular weight is 142 g/mol. The SMILES string of the molecule is CC=COCC1(C)COC1. The topological polar surface area (TPSA) is 18.5 Å². The summed E-state index contributed by atoms with van der Waals surface area (Å²) in [5.41, 5.74) is 0.277. The Morgan fingerprint density at radius 2 is 2.30 bits per heavy atom. The normalized spacial score (nSPS) is 22.6. The van der Waals surface area contributed by atoms with Crippen molar-refractivity contribution >= 4 is 0 Å². The third kappa shape index (κ3) is 1.74. The maximum Gasteiger partial charge on any atom is 0.0970 e. The first-order valence-electron chi connectivity index (χ1n) is 3.57. The van der Waals surface area contributed by atoms with Crippen molar-refractivity contribution in [2.45, 2.75) is 13.8 Å². The third-order valence-electron chi connectivity index (χ3n) is 1.57. The van der Waals surface area contributed by atoms with Crippen molar-refractivity contribution in [1.82, 2.24) is 0 Å². The van der Waals surface area contributed by atoms with Crippen molar-refractivity contribution in [1.29, 1.82) is 0 Å². The first-order valence-corrected chi connectivity index (χ1v) is 3.57. The molecule has 2 heteroatoms. The fraction of sp³-hybridized carbons (Fsp3) is 0.750. The standard InChI is InChI=1S/C8H14O2/c1-3-4-9-5-8(2)6-10-7-8/h3-4H,5-7H2,1-2H3. The zero-order chi connectivity index (χ0) is 7.45. The van der Waals surface area contributed by atoms with Crippen LogP contribution in [0.4, 0.5) is 0 Å². The second-order valence-corrected chi connectivity index (χ2v) is 3.08. The van der Waals surface area contributed by atoms with Crippen LogP contribution in [0.5, 0.6) is 0 Å². The molecular formula is C8H14O2. The van der Waals surface area contributed by atoms with Crippen LogP contribution in [0, 0.1) is 5.41 Å². The molecule has 0 N–H and O–H groups in total. The first kappa shape index (κ1) is 7.61. The van der Waals surface area contributed by atoms with Gasteiger partial charge in [-0.3, -0.25) is 0 Å². The van der Waals surface area contributed by atoms with Gasteiger partial charge in [-0.15, -0.1) is 0 Å². The Labute approximate surface area is 61.8 Å². The van der Waals surface area contributed by atoms with E-state index in [0.717, 1.165) is 19.8 Å². The lowest BCUT2D eigenvalue weighted by Crippen LogP contribution is -2.43. The first-order chi connectivity index (χ1) is 4.77. The van der Waals surface area contributed by atoms with Crippen LogP contribution < -0.4 is 0 Å². The Kier molecular flexibility index (Phi) is 2.33. The number of ether oxygens (including phenoxy) is 2. The zero-order valence-corrected chi connectivity index (χ0v) is 6.59. The van der Waals surface area contributed by atoms with E-state index in [-0.39, 0.29) is 5.41 Å². The molecule has 1 heterocycles. The van der Waals surface area contributed by atoms with Gasteiger partial charge in [0.05, 0.1) is 26.1 Å². The van der Waals surface area contributed by atoms with Crippen molar-refractivity contribution in [2.75, 3.05) is 19.8 Å². The Morgan fingerprint density at radius 1 is 1.60 bits per heavy atom. The molecule has 1 fully saturated rings. The summed E-state index contributed by atoms with van der Waals surface area (Å²) in [5.74, 6) is 0. The van der Waals surface area contributed by atoms with E-state index < -0.39 is 0 Å². The average Bonchev–Trinajstić information content (AvgIpc) is 1.85. The summed E-state index contributed by atoms with van der Waals surface area (Å²) in [6.07, 6.45) is 3.62. The van der Waals surface area contributed by atoms with E-state index in [2.05, 4.69) is 6.92 Å². The van der Waals surface area contributed by atoms with Gasteiger partial charge in [-0.2, -0.15) is 0 Å². The highest BCUT2D eigenvalue weighted by Crippen LogP contribution is 2.26. The predicted octanol–water partition coefficient (Wildman–Crippen LogP) is 1.57. The molecule has 1 saturated heterocycles. The molecule has 2 nitrogen and oxygen atoms in total. The lowest BCUT2D eigenvalue weighted by molar-refractivity contribution is -0.126. The minimum Gasteiger partial charge on any atom is -0.501 e. The van der Waals surface area contributed by atoms with E-state index in [9.17, 15) is 0 Å². The molecule has 0 unspecified atom stereocenters. The lowest BCUT2D eigenvalue weighted by Gasteiger charge is -2.36. The fourth-order valence-corrected chi connectivity index (χ4v) is 0.879. The van der Waals surface area contributed by atoms with Crippen LogP contribution in [0.1, 0.15) is 13.8 Å². The quantitative estimate of drug-likeness (QED) is 0.557. The van der Waals surface area contributed by atoms with E-state index in [4.69, 9.17) is 9.47 Å². The van der Waals surface area contributed by atoms with Gasteiger partial charge in [0, 0.05) is 5.41 Å². The molecular weight excluding hydrogens is 128 g/mol. The summed E-state index contributed by atoms with van der Waals surface area (Å²) in [4.78, 5) is 0. The lowest BCUT2D eigenvalue weighted by atomic mass is 9.90. The molecule has 0 saturated carbocycles. The van der Waals surface area contributed by atoms with Crippen LogP contribution in [-0.4, -0.2) is 19.8 Å². The maximum absolute atomic E-state index is 5.23. The molecule has 0 aliphatic carbocycles. The van der Waals surface area contributed by atoms with Gasteiger partial charge in [0.2, 0.25) is 0 Å². The molecule has 10 heavy (non-hydrogen) atoms. The molecule has 1 aliphatic rings. The second-order valence-electron chi connectivity index (χ2n) is 3.08. The van der Waals surface area contributed by atoms with Crippen LogP contribution in [0.25, 0.3) is 0 Å². The van der Waals surface area contributed by atoms with Gasteiger partial charge < -0.3 is 9.47 Å². The van der Waals surface area contributed by atoms with Crippen LogP contribution in [0.3, 0.4) is 0 Å². The summed E-state index contributed by atoms with van der Waals surface area (Å²) in [5, 5.41) is 0. The van der Waals surface area contributed by atoms with Gasteiger partial charge in [-0.25, -0.2) is 0 Å². The summed E-state index contributed by atoms with van der Waals surface area (Å²) in [6, 6.07) is 0. The van der Waals surface area contributed by atoms with Gasteiger partial charge in [0.1, 0.15) is 0 Å². The minimum absolute atomic E-state index is 0.277. The van der Waals surface area contributed by atoms with Crippen LogP contribution in [-0.2, 0) is 9.47 Å². The van der Waals surface area contributed by atoms with E-state index in [1.807, 2.05) is 13.0 Å². The van der Waals surface area contributed by atoms with E-state index in [1.54, 1.807) is 6.26 Å². The van der Waals surface area contributed by atoms with Gasteiger partial charge in [0.25, 0.3) is 0 Å². The number of allylic oxidation sites excluding steroid dienone is 1. The monoisotopic (exact) mass is 142 g/mol. The molecule has 1 rings (SSSR count). The van der Waals surface area contributed by atoms with Crippen LogP contribution >= 0.6 is 0 Å². The molecule has 0 spiro atoms. The molecule has 0 amide bonds. The number of hydrogen-bond donors (Lipinski definition) is 0. The summed E-state index contributed by atoms with van der Waals surface area (Å²) < 4.78 is 10.3. The highest BCUT2D eigenvalue weighted by Gasteiger charge is 2.33. The smallest absolute Gasteiger partial charge is 0.0970 e. The summed E-state index contributed by atoms with van der Waals surface area (Å²) >= 11 is 0. The fourth-order valence-electron chi connectivity index (χ4n) is 0.879. The van der Waals surface area contributed by atoms with Gasteiger partial charge in [-0.05, 0) is 6.92 Å². The van der Waals surface area contributed by atoms with Crippen molar-refractivity contribution in [3.63, 3.8) is 0 Å². The molecule has 0 atom stereocenters.